The van der Waals surface area contributed by atoms with E-state index < -0.39 is 0 Å². The largest absolute Gasteiger partial charge is 0.368 e. The summed E-state index contributed by atoms with van der Waals surface area (Å²) in [5.74, 6) is 0.232. The summed E-state index contributed by atoms with van der Waals surface area (Å²) in [7, 11) is 0. The molecule has 0 saturated carbocycles. The minimum absolute atomic E-state index is 0.0880. The van der Waals surface area contributed by atoms with E-state index in [1.165, 1.54) is 0 Å². The number of fused-ring (bicyclic) bond motifs is 1. The van der Waals surface area contributed by atoms with E-state index in [9.17, 15) is 0 Å². The third-order valence-corrected chi connectivity index (χ3v) is 2.40. The molecular formula is C7H10ClN5. The van der Waals surface area contributed by atoms with E-state index in [1.54, 1.807) is 6.34 Å². The van der Waals surface area contributed by atoms with Crippen LogP contribution in [0.5, 0.6) is 0 Å². The Morgan fingerprint density at radius 2 is 2.46 bits per heavy atom. The molecule has 0 saturated heterocycles. The van der Waals surface area contributed by atoms with Crippen molar-refractivity contribution >= 4 is 29.1 Å². The summed E-state index contributed by atoms with van der Waals surface area (Å²) < 4.78 is 0. The van der Waals surface area contributed by atoms with Gasteiger partial charge in [-0.2, -0.15) is 0 Å². The van der Waals surface area contributed by atoms with Crippen molar-refractivity contribution in [2.24, 2.45) is 20.7 Å². The molecule has 0 fully saturated rings. The van der Waals surface area contributed by atoms with Gasteiger partial charge in [-0.25, -0.2) is 9.98 Å². The highest BCUT2D eigenvalue weighted by molar-refractivity contribution is 6.67. The number of nitrogens with two attached hydrogens (primary N) is 1. The van der Waals surface area contributed by atoms with Gasteiger partial charge in [0.05, 0.1) is 6.34 Å². The number of halogens is 1. The molecule has 0 aromatic heterocycles. The molecule has 2 atom stereocenters. The molecular weight excluding hydrogens is 190 g/mol. The van der Waals surface area contributed by atoms with Crippen molar-refractivity contribution in [2.75, 3.05) is 6.54 Å². The van der Waals surface area contributed by atoms with Crippen molar-refractivity contribution in [2.45, 2.75) is 19.1 Å². The summed E-state index contributed by atoms with van der Waals surface area (Å²) >= 11 is 5.88. The molecule has 0 aromatic carbocycles. The first kappa shape index (κ1) is 8.50. The second-order valence-corrected chi connectivity index (χ2v) is 3.26. The number of aliphatic imine (C=N–C) groups is 3. The van der Waals surface area contributed by atoms with Crippen molar-refractivity contribution < 1.29 is 0 Å². The number of rotatable bonds is 1. The van der Waals surface area contributed by atoms with Crippen LogP contribution in [0.2, 0.25) is 0 Å². The van der Waals surface area contributed by atoms with Crippen molar-refractivity contribution in [1.82, 2.24) is 4.90 Å². The van der Waals surface area contributed by atoms with Crippen LogP contribution in [0.4, 0.5) is 0 Å². The standard InChI is InChI=1S/C7H10ClN5/c1-2-13-3-10-4-5(8)11-7(9)12-6(4)13/h3-4,6H,2H2,1H3,(H2,9,12). The van der Waals surface area contributed by atoms with E-state index in [2.05, 4.69) is 15.0 Å². The topological polar surface area (TPSA) is 66.3 Å². The van der Waals surface area contributed by atoms with Crippen LogP contribution >= 0.6 is 11.6 Å². The average Bonchev–Trinajstić information content (AvgIpc) is 2.47. The number of likely N-dealkylation sites (N-methyl/N-ethyl adjacent to an activating group) is 1. The van der Waals surface area contributed by atoms with Gasteiger partial charge >= 0.3 is 0 Å². The van der Waals surface area contributed by atoms with Gasteiger partial charge in [0, 0.05) is 6.54 Å². The number of nitrogens with zero attached hydrogens (tertiary/aromatic N) is 4. The van der Waals surface area contributed by atoms with Crippen LogP contribution in [0.25, 0.3) is 0 Å². The average molecular weight is 200 g/mol. The monoisotopic (exact) mass is 199 g/mol. The zero-order valence-electron chi connectivity index (χ0n) is 7.18. The maximum atomic E-state index is 5.88. The molecule has 0 aromatic rings. The molecule has 2 rings (SSSR count). The lowest BCUT2D eigenvalue weighted by Crippen LogP contribution is -2.41. The lowest BCUT2D eigenvalue weighted by molar-refractivity contribution is 0.357. The molecule has 5 nitrogen and oxygen atoms in total. The van der Waals surface area contributed by atoms with Crippen molar-refractivity contribution in [3.63, 3.8) is 0 Å². The SMILES string of the molecule is CCN1C=NC2C(Cl)=NC(N)=NC21. The normalized spacial score (nSPS) is 31.4. The van der Waals surface area contributed by atoms with Crippen LogP contribution < -0.4 is 5.73 Å². The maximum absolute atomic E-state index is 5.88. The van der Waals surface area contributed by atoms with E-state index in [1.807, 2.05) is 11.8 Å². The predicted octanol–water partition coefficient (Wildman–Crippen LogP) is 0.0105. The number of hydrogen-bond donors (Lipinski definition) is 1. The van der Waals surface area contributed by atoms with Gasteiger partial charge in [-0.05, 0) is 6.92 Å². The Morgan fingerprint density at radius 3 is 3.15 bits per heavy atom. The summed E-state index contributed by atoms with van der Waals surface area (Å²) in [6.45, 7) is 2.87. The Morgan fingerprint density at radius 1 is 1.69 bits per heavy atom. The molecule has 2 heterocycles. The van der Waals surface area contributed by atoms with Gasteiger partial charge < -0.3 is 10.6 Å². The van der Waals surface area contributed by atoms with Gasteiger partial charge in [0.25, 0.3) is 0 Å². The number of hydrogen-bond acceptors (Lipinski definition) is 5. The molecule has 0 radical (unpaired) electrons. The minimum Gasteiger partial charge on any atom is -0.368 e. The summed E-state index contributed by atoms with van der Waals surface area (Å²) in [6, 6.07) is -0.158. The molecule has 0 amide bonds. The quantitative estimate of drug-likeness (QED) is 0.647. The maximum Gasteiger partial charge on any atom is 0.218 e. The van der Waals surface area contributed by atoms with Crippen LogP contribution in [0, 0.1) is 0 Å². The van der Waals surface area contributed by atoms with Crippen LogP contribution in [0.3, 0.4) is 0 Å². The van der Waals surface area contributed by atoms with Crippen molar-refractivity contribution in [3.05, 3.63) is 0 Å². The summed E-state index contributed by atoms with van der Waals surface area (Å²) in [5, 5.41) is 0.421. The van der Waals surface area contributed by atoms with Gasteiger partial charge in [0.2, 0.25) is 5.96 Å². The lowest BCUT2D eigenvalue weighted by Gasteiger charge is -2.24. The Kier molecular flexibility index (Phi) is 1.95. The molecule has 2 N–H and O–H groups in total. The first-order chi connectivity index (χ1) is 6.22. The van der Waals surface area contributed by atoms with Gasteiger partial charge in [-0.3, -0.25) is 4.99 Å². The molecule has 0 bridgehead atoms. The predicted molar refractivity (Wildman–Crippen MR) is 53.4 cm³/mol. The van der Waals surface area contributed by atoms with E-state index >= 15 is 0 Å². The van der Waals surface area contributed by atoms with Crippen LogP contribution in [-0.2, 0) is 0 Å². The Bertz CT molecular complexity index is 308. The molecule has 2 aliphatic rings. The molecule has 70 valence electrons. The first-order valence-corrected chi connectivity index (χ1v) is 4.46. The van der Waals surface area contributed by atoms with Gasteiger partial charge in [0.1, 0.15) is 11.2 Å². The van der Waals surface area contributed by atoms with Crippen LogP contribution in [0.1, 0.15) is 6.92 Å². The number of guanidine groups is 1. The summed E-state index contributed by atoms with van der Waals surface area (Å²) in [6.07, 6.45) is 1.66. The third-order valence-electron chi connectivity index (χ3n) is 2.09. The molecule has 2 unspecified atom stereocenters. The zero-order valence-corrected chi connectivity index (χ0v) is 7.94. The molecule has 13 heavy (non-hydrogen) atoms. The summed E-state index contributed by atoms with van der Waals surface area (Å²) in [5.41, 5.74) is 5.49. The van der Waals surface area contributed by atoms with E-state index in [0.717, 1.165) is 6.54 Å². The van der Waals surface area contributed by atoms with Crippen LogP contribution in [0.15, 0.2) is 15.0 Å². The third kappa shape index (κ3) is 1.29. The fraction of sp³-hybridized carbons (Fsp3) is 0.571. The second-order valence-electron chi connectivity index (χ2n) is 2.88. The Labute approximate surface area is 81.0 Å². The van der Waals surface area contributed by atoms with E-state index in [-0.39, 0.29) is 18.2 Å². The Balaban J connectivity index is 2.29. The molecule has 6 heteroatoms. The van der Waals surface area contributed by atoms with Gasteiger partial charge in [-0.15, -0.1) is 0 Å². The van der Waals surface area contributed by atoms with E-state index in [0.29, 0.717) is 5.17 Å². The highest BCUT2D eigenvalue weighted by Crippen LogP contribution is 2.20. The summed E-state index contributed by atoms with van der Waals surface area (Å²) in [4.78, 5) is 14.2. The van der Waals surface area contributed by atoms with Gasteiger partial charge in [0.15, 0.2) is 6.17 Å². The second kappa shape index (κ2) is 2.99. The molecule has 0 aliphatic carbocycles. The minimum atomic E-state index is -0.158. The fourth-order valence-corrected chi connectivity index (χ4v) is 1.68. The fourth-order valence-electron chi connectivity index (χ4n) is 1.42. The zero-order chi connectivity index (χ0) is 9.42. The highest BCUT2D eigenvalue weighted by atomic mass is 35.5. The highest BCUT2D eigenvalue weighted by Gasteiger charge is 2.35. The van der Waals surface area contributed by atoms with Gasteiger partial charge in [-0.1, -0.05) is 11.6 Å². The van der Waals surface area contributed by atoms with Crippen LogP contribution in [-0.4, -0.2) is 41.1 Å². The first-order valence-electron chi connectivity index (χ1n) is 4.08. The molecule has 0 spiro atoms. The van der Waals surface area contributed by atoms with Crippen molar-refractivity contribution in [1.29, 1.82) is 0 Å². The van der Waals surface area contributed by atoms with Crippen molar-refractivity contribution in [3.8, 4) is 0 Å². The lowest BCUT2D eigenvalue weighted by atomic mass is 10.2. The Hall–Kier alpha value is -1.10. The molecule has 2 aliphatic heterocycles. The van der Waals surface area contributed by atoms with E-state index in [4.69, 9.17) is 17.3 Å². The smallest absolute Gasteiger partial charge is 0.218 e.